The summed E-state index contributed by atoms with van der Waals surface area (Å²) in [4.78, 5) is 0. The normalized spacial score (nSPS) is 11.7. The highest BCUT2D eigenvalue weighted by Gasteiger charge is 2.18. The van der Waals surface area contributed by atoms with Gasteiger partial charge in [-0.05, 0) is 42.0 Å². The van der Waals surface area contributed by atoms with Crippen molar-refractivity contribution in [2.75, 3.05) is 0 Å². The summed E-state index contributed by atoms with van der Waals surface area (Å²) in [6, 6.07) is 52.5. The highest BCUT2D eigenvalue weighted by atomic mass is 15.0. The lowest BCUT2D eigenvalue weighted by molar-refractivity contribution is 1.14. The fraction of sp³-hybridized carbons (Fsp3) is 0. The molecule has 0 aliphatic carbocycles. The first-order valence-corrected chi connectivity index (χ1v) is 13.0. The summed E-state index contributed by atoms with van der Waals surface area (Å²) in [5, 5.41) is 5.08. The van der Waals surface area contributed by atoms with Crippen LogP contribution in [0.1, 0.15) is 0 Å². The van der Waals surface area contributed by atoms with Crippen LogP contribution in [0.5, 0.6) is 0 Å². The second-order valence-electron chi connectivity index (χ2n) is 9.81. The highest BCUT2D eigenvalue weighted by molar-refractivity contribution is 6.11. The summed E-state index contributed by atoms with van der Waals surface area (Å²) in [5.41, 5.74) is 9.60. The lowest BCUT2D eigenvalue weighted by Gasteiger charge is -2.17. The van der Waals surface area contributed by atoms with Gasteiger partial charge in [-0.3, -0.25) is 0 Å². The molecule has 0 fully saturated rings. The molecule has 0 saturated heterocycles. The average molecular weight is 485 g/mol. The van der Waals surface area contributed by atoms with Crippen LogP contribution >= 0.6 is 0 Å². The van der Waals surface area contributed by atoms with Gasteiger partial charge in [-0.1, -0.05) is 109 Å². The molecular formula is C36H24N2. The van der Waals surface area contributed by atoms with Gasteiger partial charge in [0.1, 0.15) is 0 Å². The predicted octanol–water partition coefficient (Wildman–Crippen LogP) is 9.55. The van der Waals surface area contributed by atoms with Crippen LogP contribution in [0.4, 0.5) is 0 Å². The maximum atomic E-state index is 2.43. The number of hydrogen-bond donors (Lipinski definition) is 0. The van der Waals surface area contributed by atoms with Crippen LogP contribution in [0.2, 0.25) is 0 Å². The standard InChI is InChI=1S/C36H24N2/c1-2-12-25(13-3-1)27-23-22-26(37-32-18-8-4-14-28(32)29-15-5-9-19-33(29)37)24-36(27)38-34-20-10-6-16-30(34)31-17-7-11-21-35(31)38/h1-24H. The van der Waals surface area contributed by atoms with E-state index in [9.17, 15) is 0 Å². The van der Waals surface area contributed by atoms with E-state index in [-0.39, 0.29) is 0 Å². The van der Waals surface area contributed by atoms with E-state index in [4.69, 9.17) is 0 Å². The van der Waals surface area contributed by atoms with Gasteiger partial charge in [-0.15, -0.1) is 0 Å². The third-order valence-electron chi connectivity index (χ3n) is 7.73. The van der Waals surface area contributed by atoms with E-state index < -0.39 is 0 Å². The lowest BCUT2D eigenvalue weighted by Crippen LogP contribution is -2.01. The molecule has 0 bridgehead atoms. The second kappa shape index (κ2) is 8.22. The van der Waals surface area contributed by atoms with Crippen molar-refractivity contribution in [2.45, 2.75) is 0 Å². The first kappa shape index (κ1) is 21.0. The molecule has 178 valence electrons. The number of benzene rings is 6. The Morgan fingerprint density at radius 1 is 0.342 bits per heavy atom. The smallest absolute Gasteiger partial charge is 0.0561 e. The molecule has 0 unspecified atom stereocenters. The molecule has 0 atom stereocenters. The molecule has 2 heteroatoms. The Hall–Kier alpha value is -5.08. The summed E-state index contributed by atoms with van der Waals surface area (Å²) in [6.45, 7) is 0. The topological polar surface area (TPSA) is 9.86 Å². The van der Waals surface area contributed by atoms with E-state index in [1.807, 2.05) is 0 Å². The van der Waals surface area contributed by atoms with Crippen LogP contribution < -0.4 is 0 Å². The minimum Gasteiger partial charge on any atom is -0.309 e. The third-order valence-corrected chi connectivity index (χ3v) is 7.73. The number of hydrogen-bond acceptors (Lipinski definition) is 0. The zero-order valence-electron chi connectivity index (χ0n) is 20.8. The molecule has 6 aromatic carbocycles. The summed E-state index contributed by atoms with van der Waals surface area (Å²) in [5.74, 6) is 0. The van der Waals surface area contributed by atoms with Gasteiger partial charge >= 0.3 is 0 Å². The molecule has 0 radical (unpaired) electrons. The van der Waals surface area contributed by atoms with Gasteiger partial charge in [-0.25, -0.2) is 0 Å². The highest BCUT2D eigenvalue weighted by Crippen LogP contribution is 2.39. The van der Waals surface area contributed by atoms with E-state index in [2.05, 4.69) is 155 Å². The average Bonchev–Trinajstić information content (AvgIpc) is 3.51. The molecule has 0 spiro atoms. The molecule has 0 aliphatic rings. The monoisotopic (exact) mass is 484 g/mol. The van der Waals surface area contributed by atoms with Crippen molar-refractivity contribution in [1.29, 1.82) is 0 Å². The first-order chi connectivity index (χ1) is 18.9. The summed E-state index contributed by atoms with van der Waals surface area (Å²) < 4.78 is 4.83. The molecule has 8 rings (SSSR count). The third kappa shape index (κ3) is 3.01. The van der Waals surface area contributed by atoms with Gasteiger partial charge in [0.15, 0.2) is 0 Å². The van der Waals surface area contributed by atoms with E-state index >= 15 is 0 Å². The Morgan fingerprint density at radius 3 is 1.26 bits per heavy atom. The zero-order valence-corrected chi connectivity index (χ0v) is 20.8. The van der Waals surface area contributed by atoms with Crippen LogP contribution in [0.15, 0.2) is 146 Å². The Morgan fingerprint density at radius 2 is 0.763 bits per heavy atom. The number of nitrogens with zero attached hydrogens (tertiary/aromatic N) is 2. The molecule has 38 heavy (non-hydrogen) atoms. The molecule has 0 aliphatic heterocycles. The van der Waals surface area contributed by atoms with E-state index in [1.165, 1.54) is 60.4 Å². The summed E-state index contributed by atoms with van der Waals surface area (Å²) >= 11 is 0. The Bertz CT molecular complexity index is 2020. The van der Waals surface area contributed by atoms with Crippen molar-refractivity contribution in [3.8, 4) is 22.5 Å². The van der Waals surface area contributed by atoms with Gasteiger partial charge in [0.05, 0.1) is 27.8 Å². The van der Waals surface area contributed by atoms with E-state index in [0.717, 1.165) is 5.69 Å². The van der Waals surface area contributed by atoms with Crippen molar-refractivity contribution in [2.24, 2.45) is 0 Å². The van der Waals surface area contributed by atoms with Gasteiger partial charge in [0.2, 0.25) is 0 Å². The van der Waals surface area contributed by atoms with Crippen LogP contribution in [-0.2, 0) is 0 Å². The zero-order chi connectivity index (χ0) is 25.1. The molecule has 0 saturated carbocycles. The van der Waals surface area contributed by atoms with Gasteiger partial charge < -0.3 is 9.13 Å². The Kier molecular flexibility index (Phi) is 4.55. The fourth-order valence-corrected chi connectivity index (χ4v) is 6.09. The van der Waals surface area contributed by atoms with Crippen molar-refractivity contribution < 1.29 is 0 Å². The molecular weight excluding hydrogens is 460 g/mol. The number of rotatable bonds is 3. The molecule has 8 aromatic rings. The fourth-order valence-electron chi connectivity index (χ4n) is 6.09. The molecule has 2 nitrogen and oxygen atoms in total. The molecule has 2 aromatic heterocycles. The number of aromatic nitrogens is 2. The maximum Gasteiger partial charge on any atom is 0.0561 e. The van der Waals surface area contributed by atoms with Gasteiger partial charge in [-0.2, -0.15) is 0 Å². The summed E-state index contributed by atoms with van der Waals surface area (Å²) in [6.07, 6.45) is 0. The van der Waals surface area contributed by atoms with Crippen molar-refractivity contribution in [1.82, 2.24) is 9.13 Å². The van der Waals surface area contributed by atoms with Crippen molar-refractivity contribution in [3.63, 3.8) is 0 Å². The largest absolute Gasteiger partial charge is 0.309 e. The maximum absolute atomic E-state index is 2.43. The minimum absolute atomic E-state index is 1.15. The van der Waals surface area contributed by atoms with Crippen molar-refractivity contribution >= 4 is 43.6 Å². The quantitative estimate of drug-likeness (QED) is 0.236. The van der Waals surface area contributed by atoms with Gasteiger partial charge in [0.25, 0.3) is 0 Å². The van der Waals surface area contributed by atoms with Crippen LogP contribution in [-0.4, -0.2) is 9.13 Å². The number of fused-ring (bicyclic) bond motifs is 6. The van der Waals surface area contributed by atoms with E-state index in [0.29, 0.717) is 0 Å². The van der Waals surface area contributed by atoms with Gasteiger partial charge in [0, 0.05) is 32.8 Å². The second-order valence-corrected chi connectivity index (χ2v) is 9.81. The van der Waals surface area contributed by atoms with Crippen molar-refractivity contribution in [3.05, 3.63) is 146 Å². The lowest BCUT2D eigenvalue weighted by atomic mass is 10.0. The Balaban J connectivity index is 1.51. The Labute approximate surface area is 220 Å². The minimum atomic E-state index is 1.15. The molecule has 2 heterocycles. The SMILES string of the molecule is c1ccc(-c2ccc(-n3c4ccccc4c4ccccc43)cc2-n2c3ccccc3c3ccccc32)cc1. The van der Waals surface area contributed by atoms with Crippen LogP contribution in [0.25, 0.3) is 66.1 Å². The van der Waals surface area contributed by atoms with E-state index in [1.54, 1.807) is 0 Å². The molecule has 0 amide bonds. The van der Waals surface area contributed by atoms with Crippen LogP contribution in [0.3, 0.4) is 0 Å². The summed E-state index contributed by atoms with van der Waals surface area (Å²) in [7, 11) is 0. The van der Waals surface area contributed by atoms with Crippen LogP contribution in [0, 0.1) is 0 Å². The first-order valence-electron chi connectivity index (χ1n) is 13.0. The number of para-hydroxylation sites is 4. The molecule has 0 N–H and O–H groups in total. The predicted molar refractivity (Wildman–Crippen MR) is 161 cm³/mol.